The van der Waals surface area contributed by atoms with Gasteiger partial charge in [0, 0.05) is 16.5 Å². The third-order valence-corrected chi connectivity index (χ3v) is 5.47. The lowest BCUT2D eigenvalue weighted by Crippen LogP contribution is -2.15. The van der Waals surface area contributed by atoms with E-state index in [0.717, 1.165) is 11.3 Å². The predicted octanol–water partition coefficient (Wildman–Crippen LogP) is 5.19. The van der Waals surface area contributed by atoms with Gasteiger partial charge in [0.25, 0.3) is 5.91 Å². The molecule has 0 aliphatic rings. The molecule has 0 saturated carbocycles. The summed E-state index contributed by atoms with van der Waals surface area (Å²) in [6.07, 6.45) is 0. The van der Waals surface area contributed by atoms with Gasteiger partial charge in [-0.25, -0.2) is 4.98 Å². The van der Waals surface area contributed by atoms with Crippen molar-refractivity contribution in [3.63, 3.8) is 0 Å². The smallest absolute Gasteiger partial charge is 0.268 e. The van der Waals surface area contributed by atoms with Gasteiger partial charge in [-0.05, 0) is 23.3 Å². The molecular formula is C25H17N3O3S. The van der Waals surface area contributed by atoms with E-state index in [9.17, 15) is 20.3 Å². The highest BCUT2D eigenvalue weighted by atomic mass is 32.1. The van der Waals surface area contributed by atoms with E-state index in [0.29, 0.717) is 21.8 Å². The van der Waals surface area contributed by atoms with Crippen LogP contribution in [0.4, 0.5) is 5.13 Å². The summed E-state index contributed by atoms with van der Waals surface area (Å²) in [5.74, 6) is -1.26. The molecule has 0 radical (unpaired) electrons. The fourth-order valence-corrected chi connectivity index (χ4v) is 3.91. The van der Waals surface area contributed by atoms with Crippen molar-refractivity contribution < 1.29 is 15.0 Å². The van der Waals surface area contributed by atoms with Crippen molar-refractivity contribution in [1.29, 1.82) is 5.26 Å². The van der Waals surface area contributed by atoms with Gasteiger partial charge in [0.05, 0.1) is 5.69 Å². The summed E-state index contributed by atoms with van der Waals surface area (Å²) in [6, 6.07) is 24.7. The van der Waals surface area contributed by atoms with E-state index in [1.54, 1.807) is 30.3 Å². The zero-order chi connectivity index (χ0) is 22.5. The van der Waals surface area contributed by atoms with E-state index >= 15 is 0 Å². The predicted molar refractivity (Wildman–Crippen MR) is 124 cm³/mol. The molecule has 0 bridgehead atoms. The van der Waals surface area contributed by atoms with Gasteiger partial charge in [-0.15, -0.1) is 11.3 Å². The topological polar surface area (TPSA) is 106 Å². The Morgan fingerprint density at radius 2 is 1.59 bits per heavy atom. The number of rotatable bonds is 5. The Bertz CT molecular complexity index is 1340. The molecule has 1 amide bonds. The maximum atomic E-state index is 13.1. The number of nitrogens with one attached hydrogen (secondary N) is 1. The number of nitriles is 1. The quantitative estimate of drug-likeness (QED) is 0.226. The minimum atomic E-state index is -0.618. The second-order valence-corrected chi connectivity index (χ2v) is 7.65. The number of anilines is 1. The van der Waals surface area contributed by atoms with Gasteiger partial charge in [0.1, 0.15) is 11.6 Å². The number of phenolic OH excluding ortho intramolecular Hbond substituents is 2. The standard InChI is InChI=1S/C25H17N3O3S/c26-14-19(24(31)28-25-27-20(15-32-25)16-7-3-1-4-8-16)23(17-9-5-2-6-10-17)18-11-12-21(29)22(30)13-18/h1-13,15,29-30H,(H,27,28,31)/b23-19+. The van der Waals surface area contributed by atoms with Gasteiger partial charge < -0.3 is 10.2 Å². The van der Waals surface area contributed by atoms with Crippen LogP contribution < -0.4 is 5.32 Å². The maximum absolute atomic E-state index is 13.1. The molecule has 4 aromatic rings. The third kappa shape index (κ3) is 4.36. The SMILES string of the molecule is N#C/C(C(=O)Nc1nc(-c2ccccc2)cs1)=C(/c1ccccc1)c1ccc(O)c(O)c1. The van der Waals surface area contributed by atoms with Crippen molar-refractivity contribution in [2.45, 2.75) is 0 Å². The number of benzene rings is 3. The summed E-state index contributed by atoms with van der Waals surface area (Å²) in [4.78, 5) is 17.5. The summed E-state index contributed by atoms with van der Waals surface area (Å²) in [5, 5.41) is 34.4. The van der Waals surface area contributed by atoms with Crippen molar-refractivity contribution in [2.24, 2.45) is 0 Å². The number of phenols is 2. The average Bonchev–Trinajstić information content (AvgIpc) is 3.29. The molecule has 0 fully saturated rings. The van der Waals surface area contributed by atoms with E-state index in [2.05, 4.69) is 10.3 Å². The summed E-state index contributed by atoms with van der Waals surface area (Å²) in [6.45, 7) is 0. The number of hydrogen-bond acceptors (Lipinski definition) is 6. The van der Waals surface area contributed by atoms with Gasteiger partial charge in [0.15, 0.2) is 16.6 Å². The van der Waals surface area contributed by atoms with Gasteiger partial charge in [-0.1, -0.05) is 66.7 Å². The van der Waals surface area contributed by atoms with Crippen LogP contribution in [0.5, 0.6) is 11.5 Å². The largest absolute Gasteiger partial charge is 0.504 e. The Kier molecular flexibility index (Phi) is 5.97. The lowest BCUT2D eigenvalue weighted by atomic mass is 9.92. The minimum Gasteiger partial charge on any atom is -0.504 e. The molecule has 0 saturated heterocycles. The monoisotopic (exact) mass is 439 g/mol. The van der Waals surface area contributed by atoms with E-state index < -0.39 is 5.91 Å². The van der Waals surface area contributed by atoms with E-state index in [1.807, 2.05) is 47.8 Å². The van der Waals surface area contributed by atoms with Crippen LogP contribution in [-0.2, 0) is 4.79 Å². The fourth-order valence-electron chi connectivity index (χ4n) is 3.19. The number of aromatic hydroxyl groups is 2. The van der Waals surface area contributed by atoms with Crippen molar-refractivity contribution in [1.82, 2.24) is 4.98 Å². The van der Waals surface area contributed by atoms with Crippen LogP contribution in [0.15, 0.2) is 89.8 Å². The van der Waals surface area contributed by atoms with Crippen LogP contribution in [0.1, 0.15) is 11.1 Å². The second-order valence-electron chi connectivity index (χ2n) is 6.79. The first-order chi connectivity index (χ1) is 15.6. The summed E-state index contributed by atoms with van der Waals surface area (Å²) >= 11 is 1.26. The second kappa shape index (κ2) is 9.16. The summed E-state index contributed by atoms with van der Waals surface area (Å²) < 4.78 is 0. The fraction of sp³-hybridized carbons (Fsp3) is 0. The number of carbonyl (C=O) groups excluding carboxylic acids is 1. The number of carbonyl (C=O) groups is 1. The molecule has 0 aliphatic carbocycles. The highest BCUT2D eigenvalue weighted by Crippen LogP contribution is 2.34. The van der Waals surface area contributed by atoms with Crippen LogP contribution in [0, 0.1) is 11.3 Å². The zero-order valence-corrected chi connectivity index (χ0v) is 17.5. The molecule has 0 atom stereocenters. The molecular weight excluding hydrogens is 422 g/mol. The Labute approximate surface area is 188 Å². The Balaban J connectivity index is 1.74. The first kappa shape index (κ1) is 20.8. The summed E-state index contributed by atoms with van der Waals surface area (Å²) in [5.41, 5.74) is 2.87. The van der Waals surface area contributed by atoms with Crippen molar-refractivity contribution in [2.75, 3.05) is 5.32 Å². The molecule has 1 aromatic heterocycles. The molecule has 156 valence electrons. The van der Waals surface area contributed by atoms with Crippen LogP contribution in [-0.4, -0.2) is 21.1 Å². The van der Waals surface area contributed by atoms with E-state index in [1.165, 1.54) is 23.5 Å². The van der Waals surface area contributed by atoms with Crippen molar-refractivity contribution >= 4 is 27.9 Å². The number of aromatic nitrogens is 1. The first-order valence-electron chi connectivity index (χ1n) is 9.61. The number of hydrogen-bond donors (Lipinski definition) is 3. The average molecular weight is 439 g/mol. The van der Waals surface area contributed by atoms with E-state index in [4.69, 9.17) is 0 Å². The Morgan fingerprint density at radius 3 is 2.25 bits per heavy atom. The van der Waals surface area contributed by atoms with Gasteiger partial charge in [-0.3, -0.25) is 10.1 Å². The molecule has 3 aromatic carbocycles. The zero-order valence-electron chi connectivity index (χ0n) is 16.7. The van der Waals surface area contributed by atoms with Gasteiger partial charge in [-0.2, -0.15) is 5.26 Å². The molecule has 0 unspecified atom stereocenters. The molecule has 32 heavy (non-hydrogen) atoms. The highest BCUT2D eigenvalue weighted by Gasteiger charge is 2.21. The lowest BCUT2D eigenvalue weighted by Gasteiger charge is -2.12. The molecule has 0 spiro atoms. The molecule has 0 aliphatic heterocycles. The van der Waals surface area contributed by atoms with E-state index in [-0.39, 0.29) is 17.1 Å². The van der Waals surface area contributed by atoms with Crippen LogP contribution >= 0.6 is 11.3 Å². The van der Waals surface area contributed by atoms with Crippen LogP contribution in [0.2, 0.25) is 0 Å². The minimum absolute atomic E-state index is 0.141. The van der Waals surface area contributed by atoms with Crippen molar-refractivity contribution in [3.8, 4) is 28.8 Å². The van der Waals surface area contributed by atoms with Gasteiger partial charge in [0.2, 0.25) is 0 Å². The normalized spacial score (nSPS) is 11.3. The molecule has 6 nitrogen and oxygen atoms in total. The molecule has 4 rings (SSSR count). The summed E-state index contributed by atoms with van der Waals surface area (Å²) in [7, 11) is 0. The Hall–Kier alpha value is -4.41. The van der Waals surface area contributed by atoms with Crippen LogP contribution in [0.3, 0.4) is 0 Å². The molecule has 7 heteroatoms. The van der Waals surface area contributed by atoms with Crippen LogP contribution in [0.25, 0.3) is 16.8 Å². The first-order valence-corrected chi connectivity index (χ1v) is 10.5. The van der Waals surface area contributed by atoms with Crippen molar-refractivity contribution in [3.05, 3.63) is 101 Å². The third-order valence-electron chi connectivity index (χ3n) is 4.71. The number of thiazole rings is 1. The molecule has 1 heterocycles. The van der Waals surface area contributed by atoms with Gasteiger partial charge >= 0.3 is 0 Å². The molecule has 3 N–H and O–H groups in total. The lowest BCUT2D eigenvalue weighted by molar-refractivity contribution is -0.112. The Morgan fingerprint density at radius 1 is 0.906 bits per heavy atom. The number of nitrogens with zero attached hydrogens (tertiary/aromatic N) is 2. The maximum Gasteiger partial charge on any atom is 0.268 e. The number of amides is 1. The highest BCUT2D eigenvalue weighted by molar-refractivity contribution is 7.14.